The summed E-state index contributed by atoms with van der Waals surface area (Å²) in [6.07, 6.45) is -0.179. The predicted molar refractivity (Wildman–Crippen MR) is 46.2 cm³/mol. The van der Waals surface area contributed by atoms with Gasteiger partial charge in [0, 0.05) is 0 Å². The summed E-state index contributed by atoms with van der Waals surface area (Å²) < 4.78 is 9.56. The molecule has 0 aromatic carbocycles. The lowest BCUT2D eigenvalue weighted by atomic mass is 10.2. The summed E-state index contributed by atoms with van der Waals surface area (Å²) in [7, 11) is 0. The summed E-state index contributed by atoms with van der Waals surface area (Å²) in [6, 6.07) is 0. The van der Waals surface area contributed by atoms with Gasteiger partial charge in [-0.3, -0.25) is 0 Å². The largest absolute Gasteiger partial charge is 0.459 e. The maximum Gasteiger partial charge on any atom is 0.345 e. The minimum atomic E-state index is -0.494. The van der Waals surface area contributed by atoms with Gasteiger partial charge in [0.05, 0.1) is 11.8 Å². The van der Waals surface area contributed by atoms with Crippen molar-refractivity contribution in [1.29, 1.82) is 0 Å². The van der Waals surface area contributed by atoms with Crippen molar-refractivity contribution in [2.75, 3.05) is 5.73 Å². The van der Waals surface area contributed by atoms with Gasteiger partial charge in [-0.2, -0.15) is 0 Å². The first-order chi connectivity index (χ1) is 6.02. The summed E-state index contributed by atoms with van der Waals surface area (Å²) >= 11 is 0. The van der Waals surface area contributed by atoms with Gasteiger partial charge in [-0.15, -0.1) is 0 Å². The van der Waals surface area contributed by atoms with Crippen molar-refractivity contribution in [2.24, 2.45) is 0 Å². The fourth-order valence-corrected chi connectivity index (χ4v) is 0.909. The zero-order valence-corrected chi connectivity index (χ0v) is 7.83. The van der Waals surface area contributed by atoms with Crippen LogP contribution in [0.25, 0.3) is 0 Å². The third-order valence-electron chi connectivity index (χ3n) is 1.44. The number of nitrogens with zero attached hydrogens (tertiary/aromatic N) is 1. The molecule has 1 rings (SSSR count). The highest BCUT2D eigenvalue weighted by Gasteiger charge is 2.20. The smallest absolute Gasteiger partial charge is 0.345 e. The van der Waals surface area contributed by atoms with E-state index in [2.05, 4.69) is 9.68 Å². The number of carbonyl (C=O) groups is 1. The first-order valence-electron chi connectivity index (χ1n) is 3.95. The number of nitrogen functional groups attached to an aromatic ring is 1. The molecule has 0 aliphatic rings. The van der Waals surface area contributed by atoms with Gasteiger partial charge in [-0.05, 0) is 20.8 Å². The summed E-state index contributed by atoms with van der Waals surface area (Å²) in [6.45, 7) is 5.16. The van der Waals surface area contributed by atoms with E-state index in [0.717, 1.165) is 0 Å². The topological polar surface area (TPSA) is 78.4 Å². The second-order valence-corrected chi connectivity index (χ2v) is 2.96. The number of rotatable bonds is 2. The van der Waals surface area contributed by atoms with Crippen LogP contribution in [0.4, 0.5) is 5.88 Å². The Labute approximate surface area is 75.8 Å². The first-order valence-corrected chi connectivity index (χ1v) is 3.95. The molecule has 0 saturated carbocycles. The molecule has 0 spiro atoms. The molecule has 1 aromatic rings. The third kappa shape index (κ3) is 1.99. The Kier molecular flexibility index (Phi) is 2.55. The summed E-state index contributed by atoms with van der Waals surface area (Å²) in [5.74, 6) is -0.491. The van der Waals surface area contributed by atoms with Crippen LogP contribution in [0, 0.1) is 6.92 Å². The second kappa shape index (κ2) is 3.47. The molecule has 5 nitrogen and oxygen atoms in total. The lowest BCUT2D eigenvalue weighted by Gasteiger charge is -2.06. The molecule has 0 saturated heterocycles. The van der Waals surface area contributed by atoms with Crippen LogP contribution in [0.3, 0.4) is 0 Å². The quantitative estimate of drug-likeness (QED) is 0.697. The van der Waals surface area contributed by atoms with Crippen molar-refractivity contribution in [3.05, 3.63) is 11.3 Å². The predicted octanol–water partition coefficient (Wildman–Crippen LogP) is 1.13. The Morgan fingerprint density at radius 1 is 1.62 bits per heavy atom. The van der Waals surface area contributed by atoms with Crippen LogP contribution < -0.4 is 5.73 Å². The molecule has 0 radical (unpaired) electrons. The number of aromatic nitrogens is 1. The summed E-state index contributed by atoms with van der Waals surface area (Å²) in [5, 5.41) is 3.54. The van der Waals surface area contributed by atoms with Crippen LogP contribution in [-0.2, 0) is 4.74 Å². The third-order valence-corrected chi connectivity index (χ3v) is 1.44. The van der Waals surface area contributed by atoms with Crippen molar-refractivity contribution < 1.29 is 14.1 Å². The minimum absolute atomic E-state index is 0.00292. The fraction of sp³-hybridized carbons (Fsp3) is 0.500. The normalized spacial score (nSPS) is 10.5. The molecule has 0 fully saturated rings. The maximum absolute atomic E-state index is 11.4. The maximum atomic E-state index is 11.4. The monoisotopic (exact) mass is 184 g/mol. The molecule has 0 atom stereocenters. The van der Waals surface area contributed by atoms with E-state index in [9.17, 15) is 4.79 Å². The van der Waals surface area contributed by atoms with E-state index in [1.54, 1.807) is 20.8 Å². The first kappa shape index (κ1) is 9.57. The Morgan fingerprint density at radius 2 is 2.23 bits per heavy atom. The van der Waals surface area contributed by atoms with Gasteiger partial charge in [0.2, 0.25) is 5.88 Å². The van der Waals surface area contributed by atoms with E-state index in [1.165, 1.54) is 0 Å². The number of aryl methyl sites for hydroxylation is 1. The Morgan fingerprint density at radius 3 is 2.62 bits per heavy atom. The highest BCUT2D eigenvalue weighted by molar-refractivity contribution is 5.94. The van der Waals surface area contributed by atoms with Gasteiger partial charge in [0.15, 0.2) is 0 Å². The van der Waals surface area contributed by atoms with Gasteiger partial charge in [-0.25, -0.2) is 4.79 Å². The van der Waals surface area contributed by atoms with Crippen LogP contribution in [-0.4, -0.2) is 17.2 Å². The molecule has 1 aromatic heterocycles. The van der Waals surface area contributed by atoms with Crippen LogP contribution >= 0.6 is 0 Å². The molecule has 72 valence electrons. The number of carbonyl (C=O) groups excluding carboxylic acids is 1. The number of ether oxygens (including phenoxy) is 1. The standard InChI is InChI=1S/C8H12N2O3/c1-4(2)12-8(11)6-5(3)10-13-7(6)9/h4H,9H2,1-3H3. The molecule has 13 heavy (non-hydrogen) atoms. The van der Waals surface area contributed by atoms with E-state index in [0.29, 0.717) is 5.69 Å². The van der Waals surface area contributed by atoms with Crippen LogP contribution in [0.15, 0.2) is 4.52 Å². The molecule has 0 aliphatic heterocycles. The number of hydrogen-bond donors (Lipinski definition) is 1. The lowest BCUT2D eigenvalue weighted by molar-refractivity contribution is 0.0378. The van der Waals surface area contributed by atoms with Gasteiger partial charge >= 0.3 is 5.97 Å². The molecule has 5 heteroatoms. The summed E-state index contributed by atoms with van der Waals surface area (Å²) in [4.78, 5) is 11.4. The fourth-order valence-electron chi connectivity index (χ4n) is 0.909. The summed E-state index contributed by atoms with van der Waals surface area (Å²) in [5.41, 5.74) is 6.05. The number of nitrogens with two attached hydrogens (primary N) is 1. The average Bonchev–Trinajstić information content (AvgIpc) is 2.29. The number of hydrogen-bond acceptors (Lipinski definition) is 5. The minimum Gasteiger partial charge on any atom is -0.459 e. The Balaban J connectivity index is 2.88. The van der Waals surface area contributed by atoms with Crippen LogP contribution in [0.2, 0.25) is 0 Å². The van der Waals surface area contributed by atoms with Crippen molar-refractivity contribution in [3.8, 4) is 0 Å². The molecule has 0 aliphatic carbocycles. The van der Waals surface area contributed by atoms with E-state index in [1.807, 2.05) is 0 Å². The van der Waals surface area contributed by atoms with E-state index < -0.39 is 5.97 Å². The van der Waals surface area contributed by atoms with Crippen molar-refractivity contribution in [1.82, 2.24) is 5.16 Å². The average molecular weight is 184 g/mol. The molecule has 0 amide bonds. The van der Waals surface area contributed by atoms with Crippen LogP contribution in [0.5, 0.6) is 0 Å². The molecular formula is C8H12N2O3. The number of esters is 1. The van der Waals surface area contributed by atoms with Gasteiger partial charge < -0.3 is 15.0 Å². The van der Waals surface area contributed by atoms with Crippen LogP contribution in [0.1, 0.15) is 29.9 Å². The lowest BCUT2D eigenvalue weighted by Crippen LogP contribution is -2.13. The van der Waals surface area contributed by atoms with Crippen molar-refractivity contribution >= 4 is 11.9 Å². The van der Waals surface area contributed by atoms with Gasteiger partial charge in [0.1, 0.15) is 5.56 Å². The van der Waals surface area contributed by atoms with E-state index in [4.69, 9.17) is 10.5 Å². The van der Waals surface area contributed by atoms with Crippen molar-refractivity contribution in [3.63, 3.8) is 0 Å². The van der Waals surface area contributed by atoms with Gasteiger partial charge in [0.25, 0.3) is 0 Å². The highest BCUT2D eigenvalue weighted by Crippen LogP contribution is 2.16. The molecule has 1 heterocycles. The SMILES string of the molecule is Cc1noc(N)c1C(=O)OC(C)C. The Bertz CT molecular complexity index is 298. The van der Waals surface area contributed by atoms with E-state index in [-0.39, 0.29) is 17.6 Å². The molecule has 0 unspecified atom stereocenters. The highest BCUT2D eigenvalue weighted by atomic mass is 16.5. The van der Waals surface area contributed by atoms with E-state index >= 15 is 0 Å². The molecule has 0 bridgehead atoms. The Hall–Kier alpha value is -1.52. The molecule has 2 N–H and O–H groups in total. The second-order valence-electron chi connectivity index (χ2n) is 2.96. The zero-order chi connectivity index (χ0) is 10.0. The van der Waals surface area contributed by atoms with Gasteiger partial charge in [-0.1, -0.05) is 5.16 Å². The number of anilines is 1. The van der Waals surface area contributed by atoms with Crippen molar-refractivity contribution in [2.45, 2.75) is 26.9 Å². The molecular weight excluding hydrogens is 172 g/mol. The zero-order valence-electron chi connectivity index (χ0n) is 7.83.